The zero-order valence-corrected chi connectivity index (χ0v) is 7.26. The van der Waals surface area contributed by atoms with Gasteiger partial charge in [0.05, 0.1) is 5.57 Å². The fraction of sp³-hybridized carbons (Fsp3) is 0.444. The molecule has 2 bridgehead atoms. The average Bonchev–Trinajstić information content (AvgIpc) is 2.58. The number of halogens is 3. The van der Waals surface area contributed by atoms with Gasteiger partial charge >= 0.3 is 6.18 Å². The lowest BCUT2D eigenvalue weighted by Gasteiger charge is -2.14. The smallest absolute Gasteiger partial charge is 0.357 e. The second-order valence-electron chi connectivity index (χ2n) is 3.24. The summed E-state index contributed by atoms with van der Waals surface area (Å²) in [4.78, 5) is 11.0. The Labute approximate surface area is 78.0 Å². The van der Waals surface area contributed by atoms with Gasteiger partial charge in [-0.05, 0) is 6.92 Å². The molecule has 0 saturated heterocycles. The molecule has 0 aromatic carbocycles. The predicted octanol–water partition coefficient (Wildman–Crippen LogP) is 1.77. The van der Waals surface area contributed by atoms with Crippen LogP contribution in [-0.4, -0.2) is 24.2 Å². The fourth-order valence-electron chi connectivity index (χ4n) is 1.79. The summed E-state index contributed by atoms with van der Waals surface area (Å²) in [6.07, 6.45) is -3.55. The second kappa shape index (κ2) is 2.70. The summed E-state index contributed by atoms with van der Waals surface area (Å²) >= 11 is 0. The van der Waals surface area contributed by atoms with Gasteiger partial charge in [0, 0.05) is 5.57 Å². The molecule has 2 aliphatic heterocycles. The van der Waals surface area contributed by atoms with Gasteiger partial charge in [-0.3, -0.25) is 4.79 Å². The molecule has 0 aliphatic carbocycles. The number of Topliss-reactive ketones (excluding diaryl/α,β-unsaturated/α-hetero) is 1. The average molecular weight is 204 g/mol. The van der Waals surface area contributed by atoms with E-state index < -0.39 is 29.7 Å². The molecule has 2 nitrogen and oxygen atoms in total. The number of rotatable bonds is 1. The van der Waals surface area contributed by atoms with Crippen LogP contribution < -0.4 is 0 Å². The van der Waals surface area contributed by atoms with Gasteiger partial charge in [0.15, 0.2) is 5.78 Å². The van der Waals surface area contributed by atoms with Crippen LogP contribution in [0, 0.1) is 0 Å². The molecule has 0 radical (unpaired) electrons. The van der Waals surface area contributed by atoms with E-state index in [9.17, 15) is 18.0 Å². The summed E-state index contributed by atoms with van der Waals surface area (Å²) in [7, 11) is 0. The summed E-state index contributed by atoms with van der Waals surface area (Å²) in [6.45, 7) is 1.12. The van der Waals surface area contributed by atoms with Crippen molar-refractivity contribution < 1.29 is 22.7 Å². The molecule has 2 atom stereocenters. The molecule has 0 saturated carbocycles. The first-order chi connectivity index (χ1) is 6.41. The Morgan fingerprint density at radius 3 is 2.36 bits per heavy atom. The first-order valence-corrected chi connectivity index (χ1v) is 4.07. The minimum absolute atomic E-state index is 0.245. The van der Waals surface area contributed by atoms with Gasteiger partial charge < -0.3 is 4.74 Å². The monoisotopic (exact) mass is 204 g/mol. The SMILES string of the molecule is CC(=O)C1=C(C(F)(F)F)C2C=CC1O2. The molecule has 2 unspecified atom stereocenters. The van der Waals surface area contributed by atoms with E-state index in [0.717, 1.165) is 6.92 Å². The number of ketones is 1. The van der Waals surface area contributed by atoms with Gasteiger partial charge in [-0.15, -0.1) is 0 Å². The van der Waals surface area contributed by atoms with Crippen LogP contribution in [0.3, 0.4) is 0 Å². The van der Waals surface area contributed by atoms with Crippen LogP contribution in [0.25, 0.3) is 0 Å². The van der Waals surface area contributed by atoms with Crippen molar-refractivity contribution >= 4 is 5.78 Å². The Balaban J connectivity index is 2.49. The van der Waals surface area contributed by atoms with Crippen LogP contribution in [-0.2, 0) is 9.53 Å². The van der Waals surface area contributed by atoms with Crippen LogP contribution in [0.4, 0.5) is 13.2 Å². The van der Waals surface area contributed by atoms with E-state index in [1.54, 1.807) is 0 Å². The number of fused-ring (bicyclic) bond motifs is 2. The van der Waals surface area contributed by atoms with E-state index in [4.69, 9.17) is 4.74 Å². The Hall–Kier alpha value is -1.10. The molecule has 0 N–H and O–H groups in total. The van der Waals surface area contributed by atoms with E-state index in [2.05, 4.69) is 0 Å². The number of carbonyl (C=O) groups excluding carboxylic acids is 1. The number of hydrogen-bond donors (Lipinski definition) is 0. The highest BCUT2D eigenvalue weighted by Gasteiger charge is 2.50. The predicted molar refractivity (Wildman–Crippen MR) is 41.6 cm³/mol. The minimum atomic E-state index is -4.48. The molecule has 0 aromatic rings. The third-order valence-corrected chi connectivity index (χ3v) is 2.30. The molecular weight excluding hydrogens is 197 g/mol. The number of carbonyl (C=O) groups is 1. The van der Waals surface area contributed by atoms with Crippen molar-refractivity contribution in [3.63, 3.8) is 0 Å². The maximum absolute atomic E-state index is 12.5. The molecule has 2 heterocycles. The van der Waals surface area contributed by atoms with Gasteiger partial charge in [-0.2, -0.15) is 13.2 Å². The second-order valence-corrected chi connectivity index (χ2v) is 3.24. The van der Waals surface area contributed by atoms with Crippen molar-refractivity contribution in [2.75, 3.05) is 0 Å². The van der Waals surface area contributed by atoms with Crippen molar-refractivity contribution in [1.82, 2.24) is 0 Å². The number of hydrogen-bond acceptors (Lipinski definition) is 2. The molecule has 0 fully saturated rings. The summed E-state index contributed by atoms with van der Waals surface area (Å²) in [5.74, 6) is -0.575. The maximum atomic E-state index is 12.5. The summed E-state index contributed by atoms with van der Waals surface area (Å²) in [5, 5.41) is 0. The van der Waals surface area contributed by atoms with E-state index in [-0.39, 0.29) is 5.57 Å². The van der Waals surface area contributed by atoms with Crippen molar-refractivity contribution in [2.45, 2.75) is 25.3 Å². The minimum Gasteiger partial charge on any atom is -0.357 e. The number of ether oxygens (including phenoxy) is 1. The summed E-state index contributed by atoms with van der Waals surface area (Å²) in [6, 6.07) is 0. The molecule has 0 amide bonds. The van der Waals surface area contributed by atoms with E-state index in [1.165, 1.54) is 12.2 Å². The fourth-order valence-corrected chi connectivity index (χ4v) is 1.79. The molecule has 76 valence electrons. The Morgan fingerprint density at radius 2 is 1.93 bits per heavy atom. The lowest BCUT2D eigenvalue weighted by Crippen LogP contribution is -2.23. The molecular formula is C9H7F3O2. The first-order valence-electron chi connectivity index (χ1n) is 4.07. The zero-order valence-electron chi connectivity index (χ0n) is 7.26. The topological polar surface area (TPSA) is 26.3 Å². The van der Waals surface area contributed by atoms with Crippen molar-refractivity contribution in [2.24, 2.45) is 0 Å². The third-order valence-electron chi connectivity index (χ3n) is 2.30. The third kappa shape index (κ3) is 1.19. The highest BCUT2D eigenvalue weighted by molar-refractivity contribution is 5.97. The molecule has 0 spiro atoms. The van der Waals surface area contributed by atoms with Gasteiger partial charge in [0.25, 0.3) is 0 Å². The van der Waals surface area contributed by atoms with Gasteiger partial charge in [0.2, 0.25) is 0 Å². The van der Waals surface area contributed by atoms with Crippen LogP contribution in [0.2, 0.25) is 0 Å². The quantitative estimate of drug-likeness (QED) is 0.608. The van der Waals surface area contributed by atoms with E-state index >= 15 is 0 Å². The van der Waals surface area contributed by atoms with E-state index in [1.807, 2.05) is 0 Å². The van der Waals surface area contributed by atoms with E-state index in [0.29, 0.717) is 0 Å². The van der Waals surface area contributed by atoms with Crippen molar-refractivity contribution in [3.8, 4) is 0 Å². The van der Waals surface area contributed by atoms with Crippen molar-refractivity contribution in [1.29, 1.82) is 0 Å². The van der Waals surface area contributed by atoms with Gasteiger partial charge in [-0.25, -0.2) is 0 Å². The normalized spacial score (nSPS) is 30.3. The summed E-state index contributed by atoms with van der Waals surface area (Å²) in [5.41, 5.74) is -1.08. The maximum Gasteiger partial charge on any atom is 0.415 e. The molecule has 5 heteroatoms. The molecule has 2 aliphatic rings. The van der Waals surface area contributed by atoms with Crippen LogP contribution >= 0.6 is 0 Å². The van der Waals surface area contributed by atoms with Gasteiger partial charge in [-0.1, -0.05) is 12.2 Å². The van der Waals surface area contributed by atoms with Crippen LogP contribution in [0.1, 0.15) is 6.92 Å². The Kier molecular flexibility index (Phi) is 1.82. The lowest BCUT2D eigenvalue weighted by atomic mass is 9.94. The van der Waals surface area contributed by atoms with Crippen LogP contribution in [0.15, 0.2) is 23.3 Å². The highest BCUT2D eigenvalue weighted by Crippen LogP contribution is 2.43. The molecule has 2 rings (SSSR count). The van der Waals surface area contributed by atoms with Gasteiger partial charge in [0.1, 0.15) is 12.2 Å². The first kappa shape index (κ1) is 9.45. The Morgan fingerprint density at radius 1 is 1.36 bits per heavy atom. The number of alkyl halides is 3. The zero-order chi connectivity index (χ0) is 10.5. The standard InChI is InChI=1S/C9H7F3O2/c1-4(13)7-5-2-3-6(14-5)8(7)9(10,11)12/h2-3,5-6H,1H3. The Bertz CT molecular complexity index is 352. The molecule has 14 heavy (non-hydrogen) atoms. The van der Waals surface area contributed by atoms with Crippen LogP contribution in [0.5, 0.6) is 0 Å². The lowest BCUT2D eigenvalue weighted by molar-refractivity contribution is -0.115. The van der Waals surface area contributed by atoms with Crippen molar-refractivity contribution in [3.05, 3.63) is 23.3 Å². The largest absolute Gasteiger partial charge is 0.415 e. The summed E-state index contributed by atoms with van der Waals surface area (Å²) < 4.78 is 42.5. The molecule has 0 aromatic heterocycles. The highest BCUT2D eigenvalue weighted by atomic mass is 19.4.